The molecule has 1 aromatic heterocycles. The van der Waals surface area contributed by atoms with Crippen molar-refractivity contribution < 1.29 is 36.2 Å². The van der Waals surface area contributed by atoms with Crippen LogP contribution in [0.1, 0.15) is 23.4 Å². The number of carbonyl (C=O) groups excluding carboxylic acids is 1. The van der Waals surface area contributed by atoms with Crippen LogP contribution < -0.4 is 10.5 Å². The van der Waals surface area contributed by atoms with Crippen LogP contribution in [0.5, 0.6) is 5.75 Å². The second-order valence-electron chi connectivity index (χ2n) is 3.78. The molecule has 2 N–H and O–H groups in total. The van der Waals surface area contributed by atoms with E-state index in [9.17, 15) is 26.7 Å². The average Bonchev–Trinajstić information content (AvgIpc) is 2.38. The molecule has 118 valence electrons. The summed E-state index contributed by atoms with van der Waals surface area (Å²) < 4.78 is 70.8. The third-order valence-corrected chi connectivity index (χ3v) is 2.36. The largest absolute Gasteiger partial charge is 0.573 e. The van der Waals surface area contributed by atoms with Crippen molar-refractivity contribution in [2.45, 2.75) is 25.8 Å². The molecule has 0 aliphatic heterocycles. The van der Waals surface area contributed by atoms with E-state index in [1.807, 2.05) is 0 Å². The van der Waals surface area contributed by atoms with Crippen molar-refractivity contribution in [3.63, 3.8) is 0 Å². The molecular formula is C11H11F5N2O3. The highest BCUT2D eigenvalue weighted by Gasteiger charge is 2.34. The number of nitrogens with zero attached hydrogens (tertiary/aromatic N) is 1. The minimum Gasteiger partial charge on any atom is -0.469 e. The maximum absolute atomic E-state index is 12.9. The van der Waals surface area contributed by atoms with E-state index in [-0.39, 0.29) is 12.2 Å². The molecule has 0 fully saturated rings. The second kappa shape index (κ2) is 6.66. The number of aromatic nitrogens is 1. The maximum Gasteiger partial charge on any atom is 0.573 e. The number of carbonyl (C=O) groups is 1. The van der Waals surface area contributed by atoms with Crippen molar-refractivity contribution in [3.8, 4) is 5.75 Å². The van der Waals surface area contributed by atoms with E-state index in [0.29, 0.717) is 0 Å². The van der Waals surface area contributed by atoms with Gasteiger partial charge in [0.15, 0.2) is 0 Å². The van der Waals surface area contributed by atoms with E-state index in [2.05, 4.69) is 14.5 Å². The number of esters is 1. The van der Waals surface area contributed by atoms with Gasteiger partial charge in [-0.2, -0.15) is 0 Å². The van der Waals surface area contributed by atoms with E-state index >= 15 is 0 Å². The van der Waals surface area contributed by atoms with Crippen molar-refractivity contribution in [1.82, 2.24) is 4.98 Å². The molecule has 0 amide bonds. The molecule has 0 aliphatic carbocycles. The monoisotopic (exact) mass is 314 g/mol. The fraction of sp³-hybridized carbons (Fsp3) is 0.455. The highest BCUT2D eigenvalue weighted by atomic mass is 19.4. The van der Waals surface area contributed by atoms with Crippen LogP contribution in [0.3, 0.4) is 0 Å². The van der Waals surface area contributed by atoms with Gasteiger partial charge in [-0.05, 0) is 0 Å². The predicted octanol–water partition coefficient (Wildman–Crippen LogP) is 2.09. The lowest BCUT2D eigenvalue weighted by atomic mass is 10.1. The lowest BCUT2D eigenvalue weighted by molar-refractivity contribution is -0.275. The van der Waals surface area contributed by atoms with Gasteiger partial charge in [0.2, 0.25) is 0 Å². The van der Waals surface area contributed by atoms with E-state index in [0.717, 1.165) is 13.2 Å². The predicted molar refractivity (Wildman–Crippen MR) is 59.5 cm³/mol. The first-order chi connectivity index (χ1) is 9.67. The standard InChI is InChI=1S/C11H11F5N2O3/c1-20-8(19)3-6-7(21-11(14,15)16)2-5(4-17)18-9(6)10(12)13/h2,10H,3-4,17H2,1H3. The minimum absolute atomic E-state index is 0.224. The number of hydrogen-bond donors (Lipinski definition) is 1. The van der Waals surface area contributed by atoms with Gasteiger partial charge in [-0.25, -0.2) is 13.8 Å². The highest BCUT2D eigenvalue weighted by molar-refractivity contribution is 5.74. The van der Waals surface area contributed by atoms with Crippen LogP contribution >= 0.6 is 0 Å². The zero-order valence-corrected chi connectivity index (χ0v) is 10.7. The zero-order chi connectivity index (χ0) is 16.2. The summed E-state index contributed by atoms with van der Waals surface area (Å²) >= 11 is 0. The Morgan fingerprint density at radius 2 is 2.05 bits per heavy atom. The van der Waals surface area contributed by atoms with Crippen molar-refractivity contribution in [2.75, 3.05) is 7.11 Å². The summed E-state index contributed by atoms with van der Waals surface area (Å²) in [4.78, 5) is 14.6. The van der Waals surface area contributed by atoms with Crippen molar-refractivity contribution in [2.24, 2.45) is 5.73 Å². The zero-order valence-electron chi connectivity index (χ0n) is 10.7. The van der Waals surface area contributed by atoms with Gasteiger partial charge in [-0.3, -0.25) is 4.79 Å². The third kappa shape index (κ3) is 4.81. The summed E-state index contributed by atoms with van der Waals surface area (Å²) in [6, 6.07) is 0.762. The Bertz CT molecular complexity index is 519. The van der Waals surface area contributed by atoms with Gasteiger partial charge in [0.25, 0.3) is 6.43 Å². The van der Waals surface area contributed by atoms with Crippen molar-refractivity contribution >= 4 is 5.97 Å². The van der Waals surface area contributed by atoms with Crippen LogP contribution in [-0.2, 0) is 22.5 Å². The fourth-order valence-electron chi connectivity index (χ4n) is 1.51. The van der Waals surface area contributed by atoms with E-state index in [4.69, 9.17) is 5.73 Å². The smallest absolute Gasteiger partial charge is 0.469 e. The number of methoxy groups -OCH3 is 1. The molecule has 0 unspecified atom stereocenters. The average molecular weight is 314 g/mol. The van der Waals surface area contributed by atoms with Crippen molar-refractivity contribution in [1.29, 1.82) is 0 Å². The topological polar surface area (TPSA) is 74.4 Å². The lowest BCUT2D eigenvalue weighted by Gasteiger charge is -2.16. The molecule has 5 nitrogen and oxygen atoms in total. The van der Waals surface area contributed by atoms with Crippen LogP contribution in [0.15, 0.2) is 6.07 Å². The molecule has 0 spiro atoms. The first kappa shape index (κ1) is 17.1. The van der Waals surface area contributed by atoms with E-state index < -0.39 is 42.2 Å². The van der Waals surface area contributed by atoms with Crippen molar-refractivity contribution in [3.05, 3.63) is 23.0 Å². The number of halogens is 5. The summed E-state index contributed by atoms with van der Waals surface area (Å²) in [7, 11) is 0.969. The van der Waals surface area contributed by atoms with Gasteiger partial charge >= 0.3 is 12.3 Å². The number of rotatable bonds is 5. The summed E-state index contributed by atoms with van der Waals surface area (Å²) in [5, 5.41) is 0. The molecule has 21 heavy (non-hydrogen) atoms. The molecule has 10 heteroatoms. The SMILES string of the molecule is COC(=O)Cc1c(OC(F)(F)F)cc(CN)nc1C(F)F. The molecule has 1 rings (SSSR count). The maximum atomic E-state index is 12.9. The second-order valence-corrected chi connectivity index (χ2v) is 3.78. The molecule has 0 atom stereocenters. The molecule has 0 aliphatic rings. The lowest BCUT2D eigenvalue weighted by Crippen LogP contribution is -2.21. The quantitative estimate of drug-likeness (QED) is 0.665. The van der Waals surface area contributed by atoms with Gasteiger partial charge in [0, 0.05) is 18.2 Å². The molecule has 0 saturated carbocycles. The molecule has 1 aromatic rings. The molecule has 1 heterocycles. The summed E-state index contributed by atoms with van der Waals surface area (Å²) in [5.41, 5.74) is 3.28. The van der Waals surface area contributed by atoms with Crippen LogP contribution in [0.25, 0.3) is 0 Å². The molecule has 0 saturated heterocycles. The Hall–Kier alpha value is -1.97. The summed E-state index contributed by atoms with van der Waals surface area (Å²) in [6.07, 6.45) is -9.15. The number of alkyl halides is 5. The number of pyridine rings is 1. The molecule has 0 bridgehead atoms. The number of nitrogens with two attached hydrogens (primary N) is 1. The van der Waals surface area contributed by atoms with Gasteiger partial charge in [0.1, 0.15) is 11.4 Å². The van der Waals surface area contributed by atoms with Gasteiger partial charge in [0.05, 0.1) is 19.2 Å². The van der Waals surface area contributed by atoms with Gasteiger partial charge in [-0.1, -0.05) is 0 Å². The van der Waals surface area contributed by atoms with Gasteiger partial charge in [-0.15, -0.1) is 13.2 Å². The number of ether oxygens (including phenoxy) is 2. The van der Waals surface area contributed by atoms with Crippen LogP contribution in [0, 0.1) is 0 Å². The Balaban J connectivity index is 3.40. The van der Waals surface area contributed by atoms with Crippen LogP contribution in [-0.4, -0.2) is 24.4 Å². The highest BCUT2D eigenvalue weighted by Crippen LogP contribution is 2.33. The van der Waals surface area contributed by atoms with E-state index in [1.54, 1.807) is 0 Å². The minimum atomic E-state index is -5.11. The molecule has 0 aromatic carbocycles. The van der Waals surface area contributed by atoms with E-state index in [1.165, 1.54) is 0 Å². The normalized spacial score (nSPS) is 11.6. The Labute approximate surface area is 115 Å². The Kier molecular flexibility index (Phi) is 5.41. The number of hydrogen-bond acceptors (Lipinski definition) is 5. The van der Waals surface area contributed by atoms with Gasteiger partial charge < -0.3 is 15.2 Å². The molecular weight excluding hydrogens is 303 g/mol. The first-order valence-corrected chi connectivity index (χ1v) is 5.51. The fourth-order valence-corrected chi connectivity index (χ4v) is 1.51. The first-order valence-electron chi connectivity index (χ1n) is 5.51. The third-order valence-electron chi connectivity index (χ3n) is 2.36. The molecule has 0 radical (unpaired) electrons. The summed E-state index contributed by atoms with van der Waals surface area (Å²) in [6.45, 7) is -0.369. The van der Waals surface area contributed by atoms with Crippen LogP contribution in [0.2, 0.25) is 0 Å². The Morgan fingerprint density at radius 3 is 2.48 bits per heavy atom. The Morgan fingerprint density at radius 1 is 1.43 bits per heavy atom. The summed E-state index contributed by atoms with van der Waals surface area (Å²) in [5.74, 6) is -1.95. The van der Waals surface area contributed by atoms with Crippen LogP contribution in [0.4, 0.5) is 22.0 Å².